The summed E-state index contributed by atoms with van der Waals surface area (Å²) in [4.78, 5) is 2.48. The van der Waals surface area contributed by atoms with E-state index >= 15 is 0 Å². The van der Waals surface area contributed by atoms with E-state index < -0.39 is 5.79 Å². The lowest BCUT2D eigenvalue weighted by molar-refractivity contribution is -0.146. The summed E-state index contributed by atoms with van der Waals surface area (Å²) in [7, 11) is 1.68. The van der Waals surface area contributed by atoms with Gasteiger partial charge in [-0.05, 0) is 66.3 Å². The van der Waals surface area contributed by atoms with E-state index in [0.29, 0.717) is 38.3 Å². The lowest BCUT2D eigenvalue weighted by Crippen LogP contribution is -2.20. The standard InChI is InChI=1S/C28H34O4S/c1-19(2)27(25-12-13-26(33-25)28(4)31-14-15-32-28)22-9-6-20(3)23(16-22)18-30-17-21-7-10-24(29-5)11-8-21/h6-13,16,19,27H,14-15,17-18H2,1-5H3/t27-/m1/s1. The number of benzene rings is 2. The average molecular weight is 467 g/mol. The zero-order valence-corrected chi connectivity index (χ0v) is 21.0. The van der Waals surface area contributed by atoms with E-state index in [0.717, 1.165) is 16.2 Å². The molecule has 0 saturated carbocycles. The number of aryl methyl sites for hydroxylation is 1. The molecule has 33 heavy (non-hydrogen) atoms. The first-order valence-corrected chi connectivity index (χ1v) is 12.4. The molecule has 2 aromatic carbocycles. The van der Waals surface area contributed by atoms with Gasteiger partial charge in [-0.25, -0.2) is 0 Å². The van der Waals surface area contributed by atoms with Gasteiger partial charge in [0.2, 0.25) is 5.79 Å². The Morgan fingerprint density at radius 1 is 0.970 bits per heavy atom. The maximum atomic E-state index is 6.07. The summed E-state index contributed by atoms with van der Waals surface area (Å²) in [6.07, 6.45) is 0. The zero-order chi connectivity index (χ0) is 23.4. The first-order valence-electron chi connectivity index (χ1n) is 11.6. The van der Waals surface area contributed by atoms with Gasteiger partial charge in [-0.1, -0.05) is 44.2 Å². The molecule has 1 aliphatic rings. The molecular formula is C28H34O4S. The van der Waals surface area contributed by atoms with E-state index in [1.807, 2.05) is 31.2 Å². The lowest BCUT2D eigenvalue weighted by Gasteiger charge is -2.23. The largest absolute Gasteiger partial charge is 0.497 e. The zero-order valence-electron chi connectivity index (χ0n) is 20.2. The van der Waals surface area contributed by atoms with Crippen LogP contribution < -0.4 is 4.74 Å². The highest BCUT2D eigenvalue weighted by molar-refractivity contribution is 7.12. The summed E-state index contributed by atoms with van der Waals surface area (Å²) < 4.78 is 23.1. The quantitative estimate of drug-likeness (QED) is 0.348. The molecule has 4 nitrogen and oxygen atoms in total. The van der Waals surface area contributed by atoms with Crippen molar-refractivity contribution in [2.75, 3.05) is 20.3 Å². The fourth-order valence-corrected chi connectivity index (χ4v) is 5.70. The summed E-state index contributed by atoms with van der Waals surface area (Å²) >= 11 is 1.80. The van der Waals surface area contributed by atoms with Crippen molar-refractivity contribution < 1.29 is 18.9 Å². The van der Waals surface area contributed by atoms with Gasteiger partial charge < -0.3 is 18.9 Å². The van der Waals surface area contributed by atoms with Crippen LogP contribution in [0.3, 0.4) is 0 Å². The van der Waals surface area contributed by atoms with Crippen molar-refractivity contribution in [3.05, 3.63) is 86.6 Å². The van der Waals surface area contributed by atoms with Crippen molar-refractivity contribution in [2.45, 2.75) is 52.6 Å². The molecule has 4 rings (SSSR count). The summed E-state index contributed by atoms with van der Waals surface area (Å²) in [6, 6.07) is 19.2. The van der Waals surface area contributed by atoms with Crippen molar-refractivity contribution in [3.8, 4) is 5.75 Å². The van der Waals surface area contributed by atoms with Crippen molar-refractivity contribution in [2.24, 2.45) is 5.92 Å². The van der Waals surface area contributed by atoms with Gasteiger partial charge in [0.1, 0.15) is 5.75 Å². The second kappa shape index (κ2) is 10.4. The molecule has 1 saturated heterocycles. The van der Waals surface area contributed by atoms with Gasteiger partial charge in [-0.3, -0.25) is 0 Å². The Bertz CT molecular complexity index is 1050. The fourth-order valence-electron chi connectivity index (χ4n) is 4.34. The van der Waals surface area contributed by atoms with Crippen molar-refractivity contribution in [1.29, 1.82) is 0 Å². The number of ether oxygens (including phenoxy) is 4. The van der Waals surface area contributed by atoms with Crippen molar-refractivity contribution >= 4 is 11.3 Å². The lowest BCUT2D eigenvalue weighted by atomic mass is 9.85. The normalized spacial score (nSPS) is 16.3. The molecule has 0 N–H and O–H groups in total. The molecule has 0 amide bonds. The van der Waals surface area contributed by atoms with Crippen molar-refractivity contribution in [3.63, 3.8) is 0 Å². The van der Waals surface area contributed by atoms with Crippen LogP contribution in [-0.2, 0) is 33.2 Å². The summed E-state index contributed by atoms with van der Waals surface area (Å²) in [5.41, 5.74) is 4.95. The van der Waals surface area contributed by atoms with Crippen LogP contribution in [0.15, 0.2) is 54.6 Å². The molecule has 176 valence electrons. The second-order valence-corrected chi connectivity index (χ2v) is 10.2. The Kier molecular flexibility index (Phi) is 7.55. The highest BCUT2D eigenvalue weighted by Crippen LogP contribution is 2.42. The molecular weight excluding hydrogens is 432 g/mol. The van der Waals surface area contributed by atoms with Crippen LogP contribution in [0.1, 0.15) is 58.7 Å². The number of hydrogen-bond acceptors (Lipinski definition) is 5. The smallest absolute Gasteiger partial charge is 0.201 e. The van der Waals surface area contributed by atoms with Crippen molar-refractivity contribution in [1.82, 2.24) is 0 Å². The van der Waals surface area contributed by atoms with Gasteiger partial charge in [0.05, 0.1) is 38.4 Å². The maximum Gasteiger partial charge on any atom is 0.201 e. The maximum absolute atomic E-state index is 6.07. The van der Waals surface area contributed by atoms with Crippen LogP contribution in [0.25, 0.3) is 0 Å². The van der Waals surface area contributed by atoms with Gasteiger partial charge in [-0.2, -0.15) is 0 Å². The summed E-state index contributed by atoms with van der Waals surface area (Å²) in [5.74, 6) is 1.03. The SMILES string of the molecule is COc1ccc(COCc2cc([C@H](c3ccc(C4(C)OCCO4)s3)C(C)C)ccc2C)cc1. The Balaban J connectivity index is 1.50. The summed E-state index contributed by atoms with van der Waals surface area (Å²) in [6.45, 7) is 11.2. The number of methoxy groups -OCH3 is 1. The molecule has 0 spiro atoms. The van der Waals surface area contributed by atoms with E-state index in [2.05, 4.69) is 51.1 Å². The van der Waals surface area contributed by atoms with E-state index in [4.69, 9.17) is 18.9 Å². The fraction of sp³-hybridized carbons (Fsp3) is 0.429. The van der Waals surface area contributed by atoms with Gasteiger partial charge in [0.25, 0.3) is 0 Å². The van der Waals surface area contributed by atoms with Gasteiger partial charge >= 0.3 is 0 Å². The number of hydrogen-bond donors (Lipinski definition) is 0. The number of rotatable bonds is 9. The highest BCUT2D eigenvalue weighted by atomic mass is 32.1. The van der Waals surface area contributed by atoms with Gasteiger partial charge in [-0.15, -0.1) is 11.3 Å². The predicted octanol–water partition coefficient (Wildman–Crippen LogP) is 6.79. The topological polar surface area (TPSA) is 36.9 Å². The third-order valence-corrected chi connectivity index (χ3v) is 7.66. The number of thiophene rings is 1. The third kappa shape index (κ3) is 5.49. The molecule has 2 heterocycles. The Hall–Kier alpha value is -2.18. The first-order chi connectivity index (χ1) is 15.9. The summed E-state index contributed by atoms with van der Waals surface area (Å²) in [5, 5.41) is 0. The van der Waals surface area contributed by atoms with E-state index in [9.17, 15) is 0 Å². The van der Waals surface area contributed by atoms with Crippen LogP contribution in [0, 0.1) is 12.8 Å². The third-order valence-electron chi connectivity index (χ3n) is 6.30. The molecule has 0 bridgehead atoms. The first kappa shape index (κ1) is 24.0. The van der Waals surface area contributed by atoms with E-state index in [-0.39, 0.29) is 0 Å². The van der Waals surface area contributed by atoms with Gasteiger partial charge in [0, 0.05) is 10.8 Å². The molecule has 0 radical (unpaired) electrons. The Morgan fingerprint density at radius 3 is 2.36 bits per heavy atom. The van der Waals surface area contributed by atoms with E-state index in [1.165, 1.54) is 21.6 Å². The average Bonchev–Trinajstić information content (AvgIpc) is 3.47. The monoisotopic (exact) mass is 466 g/mol. The van der Waals surface area contributed by atoms with E-state index in [1.54, 1.807) is 18.4 Å². The van der Waals surface area contributed by atoms with Gasteiger partial charge in [0.15, 0.2) is 0 Å². The molecule has 0 unspecified atom stereocenters. The second-order valence-electron chi connectivity index (χ2n) is 9.09. The highest BCUT2D eigenvalue weighted by Gasteiger charge is 2.35. The van der Waals surface area contributed by atoms with Crippen LogP contribution in [0.2, 0.25) is 0 Å². The molecule has 0 aliphatic carbocycles. The van der Waals surface area contributed by atoms with Crippen LogP contribution in [-0.4, -0.2) is 20.3 Å². The molecule has 1 aromatic heterocycles. The molecule has 1 fully saturated rings. The molecule has 5 heteroatoms. The minimum atomic E-state index is -0.613. The molecule has 1 atom stereocenters. The molecule has 3 aromatic rings. The Morgan fingerprint density at radius 2 is 1.70 bits per heavy atom. The Labute approximate surface area is 201 Å². The van der Waals surface area contributed by atoms with Crippen LogP contribution in [0.5, 0.6) is 5.75 Å². The van der Waals surface area contributed by atoms with Crippen LogP contribution in [0.4, 0.5) is 0 Å². The van der Waals surface area contributed by atoms with Crippen LogP contribution >= 0.6 is 11.3 Å². The predicted molar refractivity (Wildman–Crippen MR) is 133 cm³/mol. The minimum absolute atomic E-state index is 0.315. The minimum Gasteiger partial charge on any atom is -0.497 e. The molecule has 1 aliphatic heterocycles.